The number of carbonyl (C=O) groups is 1. The summed E-state index contributed by atoms with van der Waals surface area (Å²) >= 11 is 0. The minimum absolute atomic E-state index is 0.0482. The first-order chi connectivity index (χ1) is 9.40. The highest BCUT2D eigenvalue weighted by molar-refractivity contribution is 7.89. The molecule has 0 radical (unpaired) electrons. The number of nitrogens with two attached hydrogens (primary N) is 1. The molecule has 0 aliphatic heterocycles. The molecule has 0 atom stereocenters. The van der Waals surface area contributed by atoms with E-state index in [1.807, 2.05) is 6.92 Å². The molecule has 0 aliphatic rings. The number of benzene rings is 1. The molecule has 0 saturated carbocycles. The third-order valence-corrected chi connectivity index (χ3v) is 4.06. The number of nitrogens with one attached hydrogen (secondary N) is 3. The maximum atomic E-state index is 11.6. The number of amides is 1. The second-order valence-corrected chi connectivity index (χ2v) is 5.97. The lowest BCUT2D eigenvalue weighted by molar-refractivity contribution is -0.120. The molecule has 112 valence electrons. The van der Waals surface area contributed by atoms with Crippen molar-refractivity contribution in [3.8, 4) is 0 Å². The van der Waals surface area contributed by atoms with Gasteiger partial charge in [0, 0.05) is 19.5 Å². The van der Waals surface area contributed by atoms with E-state index < -0.39 is 10.0 Å². The van der Waals surface area contributed by atoms with Crippen molar-refractivity contribution in [2.75, 3.05) is 31.2 Å². The summed E-state index contributed by atoms with van der Waals surface area (Å²) in [4.78, 5) is 11.4. The van der Waals surface area contributed by atoms with Crippen LogP contribution in [-0.4, -0.2) is 34.5 Å². The second kappa shape index (κ2) is 7.11. The molecule has 0 bridgehead atoms. The maximum absolute atomic E-state index is 11.6. The van der Waals surface area contributed by atoms with Crippen molar-refractivity contribution in [3.63, 3.8) is 0 Å². The topological polar surface area (TPSA) is 113 Å². The fraction of sp³-hybridized carbons (Fsp3) is 0.417. The number of nitrogen functional groups attached to an aromatic ring is 1. The fourth-order valence-electron chi connectivity index (χ4n) is 1.58. The molecule has 8 heteroatoms. The zero-order chi connectivity index (χ0) is 15.2. The van der Waals surface area contributed by atoms with Crippen LogP contribution < -0.4 is 21.1 Å². The van der Waals surface area contributed by atoms with Crippen molar-refractivity contribution in [1.29, 1.82) is 0 Å². The second-order valence-electron chi connectivity index (χ2n) is 4.09. The molecule has 0 spiro atoms. The summed E-state index contributed by atoms with van der Waals surface area (Å²) in [5.41, 5.74) is 6.71. The Bertz CT molecular complexity index is 572. The molecule has 0 aromatic heterocycles. The number of hydrogen-bond donors (Lipinski definition) is 4. The predicted octanol–water partition coefficient (Wildman–Crippen LogP) is 0.115. The quantitative estimate of drug-likeness (QED) is 0.534. The van der Waals surface area contributed by atoms with Crippen LogP contribution in [0.1, 0.15) is 13.3 Å². The first-order valence-corrected chi connectivity index (χ1v) is 7.72. The summed E-state index contributed by atoms with van der Waals surface area (Å²) in [7, 11) is -2.16. The Morgan fingerprint density at radius 2 is 2.05 bits per heavy atom. The Morgan fingerprint density at radius 3 is 2.60 bits per heavy atom. The molecule has 1 rings (SSSR count). The minimum Gasteiger partial charge on any atom is -0.397 e. The SMILES string of the molecule is CCNC(=O)CCNc1ccc(S(=O)(=O)NC)cc1N. The van der Waals surface area contributed by atoms with Crippen LogP contribution in [0.4, 0.5) is 11.4 Å². The molecule has 1 aromatic carbocycles. The van der Waals surface area contributed by atoms with Gasteiger partial charge in [-0.2, -0.15) is 0 Å². The molecular formula is C12H20N4O3S. The van der Waals surface area contributed by atoms with E-state index in [0.29, 0.717) is 30.9 Å². The Labute approximate surface area is 119 Å². The molecule has 1 aromatic rings. The zero-order valence-corrected chi connectivity index (χ0v) is 12.4. The Hall–Kier alpha value is -1.80. The van der Waals surface area contributed by atoms with E-state index >= 15 is 0 Å². The Morgan fingerprint density at radius 1 is 1.35 bits per heavy atom. The van der Waals surface area contributed by atoms with Gasteiger partial charge in [0.1, 0.15) is 0 Å². The van der Waals surface area contributed by atoms with Crippen molar-refractivity contribution >= 4 is 27.3 Å². The lowest BCUT2D eigenvalue weighted by atomic mass is 10.2. The fourth-order valence-corrected chi connectivity index (χ4v) is 2.35. The third-order valence-electron chi connectivity index (χ3n) is 2.64. The highest BCUT2D eigenvalue weighted by Crippen LogP contribution is 2.22. The van der Waals surface area contributed by atoms with Crippen molar-refractivity contribution in [1.82, 2.24) is 10.0 Å². The van der Waals surface area contributed by atoms with Crippen LogP contribution >= 0.6 is 0 Å². The minimum atomic E-state index is -3.50. The van der Waals surface area contributed by atoms with Crippen molar-refractivity contribution < 1.29 is 13.2 Å². The van der Waals surface area contributed by atoms with E-state index in [9.17, 15) is 13.2 Å². The molecule has 0 saturated heterocycles. The van der Waals surface area contributed by atoms with Crippen molar-refractivity contribution in [3.05, 3.63) is 18.2 Å². The largest absolute Gasteiger partial charge is 0.397 e. The van der Waals surface area contributed by atoms with Gasteiger partial charge in [-0.25, -0.2) is 13.1 Å². The summed E-state index contributed by atoms with van der Waals surface area (Å²) in [6.45, 7) is 2.87. The summed E-state index contributed by atoms with van der Waals surface area (Å²) in [6, 6.07) is 4.41. The van der Waals surface area contributed by atoms with Gasteiger partial charge in [0.05, 0.1) is 16.3 Å². The molecule has 7 nitrogen and oxygen atoms in total. The summed E-state index contributed by atoms with van der Waals surface area (Å²) in [6.07, 6.45) is 0.323. The van der Waals surface area contributed by atoms with E-state index in [2.05, 4.69) is 15.4 Å². The van der Waals surface area contributed by atoms with Crippen LogP contribution in [0.3, 0.4) is 0 Å². The number of rotatable bonds is 7. The van der Waals surface area contributed by atoms with E-state index in [1.54, 1.807) is 6.07 Å². The maximum Gasteiger partial charge on any atom is 0.240 e. The van der Waals surface area contributed by atoms with Crippen LogP contribution in [0.5, 0.6) is 0 Å². The molecule has 0 heterocycles. The van der Waals surface area contributed by atoms with Gasteiger partial charge in [-0.3, -0.25) is 4.79 Å². The number of hydrogen-bond acceptors (Lipinski definition) is 5. The lowest BCUT2D eigenvalue weighted by Gasteiger charge is -2.11. The average molecular weight is 300 g/mol. The zero-order valence-electron chi connectivity index (χ0n) is 11.6. The molecule has 0 unspecified atom stereocenters. The van der Waals surface area contributed by atoms with Crippen LogP contribution in [0.25, 0.3) is 0 Å². The predicted molar refractivity (Wildman–Crippen MR) is 78.9 cm³/mol. The molecule has 1 amide bonds. The first-order valence-electron chi connectivity index (χ1n) is 6.24. The van der Waals surface area contributed by atoms with Gasteiger partial charge in [0.15, 0.2) is 0 Å². The number of anilines is 2. The van der Waals surface area contributed by atoms with Crippen LogP contribution in [0.2, 0.25) is 0 Å². The highest BCUT2D eigenvalue weighted by atomic mass is 32.2. The van der Waals surface area contributed by atoms with E-state index in [4.69, 9.17) is 5.73 Å². The van der Waals surface area contributed by atoms with E-state index in [-0.39, 0.29) is 10.8 Å². The van der Waals surface area contributed by atoms with Crippen LogP contribution in [0.15, 0.2) is 23.1 Å². The van der Waals surface area contributed by atoms with Gasteiger partial charge in [-0.15, -0.1) is 0 Å². The van der Waals surface area contributed by atoms with Gasteiger partial charge in [0.2, 0.25) is 15.9 Å². The van der Waals surface area contributed by atoms with Crippen molar-refractivity contribution in [2.24, 2.45) is 0 Å². The van der Waals surface area contributed by atoms with Crippen LogP contribution in [-0.2, 0) is 14.8 Å². The molecular weight excluding hydrogens is 280 g/mol. The van der Waals surface area contributed by atoms with Crippen LogP contribution in [0, 0.1) is 0 Å². The van der Waals surface area contributed by atoms with E-state index in [1.165, 1.54) is 19.2 Å². The lowest BCUT2D eigenvalue weighted by Crippen LogP contribution is -2.24. The standard InChI is InChI=1S/C12H20N4O3S/c1-3-15-12(17)6-7-16-11-5-4-9(8-10(11)13)20(18,19)14-2/h4-5,8,14,16H,3,6-7,13H2,1-2H3,(H,15,17). The van der Waals surface area contributed by atoms with Gasteiger partial charge in [-0.05, 0) is 32.2 Å². The normalized spacial score (nSPS) is 11.1. The first kappa shape index (κ1) is 16.3. The van der Waals surface area contributed by atoms with Gasteiger partial charge in [0.25, 0.3) is 0 Å². The van der Waals surface area contributed by atoms with Gasteiger partial charge in [-0.1, -0.05) is 0 Å². The number of carbonyl (C=O) groups excluding carboxylic acids is 1. The molecule has 5 N–H and O–H groups in total. The van der Waals surface area contributed by atoms with Gasteiger partial charge >= 0.3 is 0 Å². The molecule has 20 heavy (non-hydrogen) atoms. The Balaban J connectivity index is 2.68. The Kier molecular flexibility index (Phi) is 5.78. The number of sulfonamides is 1. The average Bonchev–Trinajstić information content (AvgIpc) is 2.40. The van der Waals surface area contributed by atoms with E-state index in [0.717, 1.165) is 0 Å². The smallest absolute Gasteiger partial charge is 0.240 e. The summed E-state index contributed by atoms with van der Waals surface area (Å²) < 4.78 is 25.4. The monoisotopic (exact) mass is 300 g/mol. The molecule has 0 fully saturated rings. The molecule has 0 aliphatic carbocycles. The summed E-state index contributed by atoms with van der Waals surface area (Å²) in [5.74, 6) is -0.0482. The third kappa shape index (κ3) is 4.39. The van der Waals surface area contributed by atoms with Gasteiger partial charge < -0.3 is 16.4 Å². The highest BCUT2D eigenvalue weighted by Gasteiger charge is 2.12. The van der Waals surface area contributed by atoms with Crippen molar-refractivity contribution in [2.45, 2.75) is 18.2 Å². The summed E-state index contributed by atoms with van der Waals surface area (Å²) in [5, 5.41) is 5.68.